The smallest absolute Gasteiger partial charge is 0.329 e. The standard InChI is InChI=1S/C24H27BrN4O6/c1-15-5-3-6-17(9-15)28-21(30)14-35-22-19(25)10-16(11-20(22)33-2)12-27-29-24(32)23(31)26-13-18-7-4-8-34-18/h3,5-6,9-12,18H,4,7-8,13-14H2,1-2H3,(H,26,31)(H,28,30)(H,29,32)/b27-12-/t18-/m0/s1. The van der Waals surface area contributed by atoms with E-state index in [2.05, 4.69) is 37.1 Å². The van der Waals surface area contributed by atoms with Crippen molar-refractivity contribution < 1.29 is 28.6 Å². The topological polar surface area (TPSA) is 127 Å². The van der Waals surface area contributed by atoms with Crippen molar-refractivity contribution in [3.05, 3.63) is 52.0 Å². The second-order valence-corrected chi connectivity index (χ2v) is 8.64. The van der Waals surface area contributed by atoms with E-state index >= 15 is 0 Å². The summed E-state index contributed by atoms with van der Waals surface area (Å²) < 4.78 is 16.9. The van der Waals surface area contributed by atoms with Crippen molar-refractivity contribution in [3.63, 3.8) is 0 Å². The van der Waals surface area contributed by atoms with Crippen molar-refractivity contribution in [2.45, 2.75) is 25.9 Å². The van der Waals surface area contributed by atoms with Crippen molar-refractivity contribution in [3.8, 4) is 11.5 Å². The molecule has 3 N–H and O–H groups in total. The number of aryl methyl sites for hydroxylation is 1. The number of nitrogens with zero attached hydrogens (tertiary/aromatic N) is 1. The van der Waals surface area contributed by atoms with E-state index in [1.807, 2.05) is 25.1 Å². The quantitative estimate of drug-likeness (QED) is 0.252. The summed E-state index contributed by atoms with van der Waals surface area (Å²) in [6.45, 7) is 2.66. The van der Waals surface area contributed by atoms with Gasteiger partial charge in [0.1, 0.15) is 0 Å². The van der Waals surface area contributed by atoms with Gasteiger partial charge in [-0.1, -0.05) is 12.1 Å². The van der Waals surface area contributed by atoms with Crippen LogP contribution in [-0.2, 0) is 19.1 Å². The van der Waals surface area contributed by atoms with E-state index in [9.17, 15) is 14.4 Å². The molecule has 10 nitrogen and oxygen atoms in total. The summed E-state index contributed by atoms with van der Waals surface area (Å²) in [5, 5.41) is 9.11. The molecule has 3 rings (SSSR count). The van der Waals surface area contributed by atoms with E-state index in [0.717, 1.165) is 18.4 Å². The normalized spacial score (nSPS) is 15.0. The lowest BCUT2D eigenvalue weighted by Gasteiger charge is -2.13. The number of halogens is 1. The van der Waals surface area contributed by atoms with Gasteiger partial charge in [-0.25, -0.2) is 5.43 Å². The minimum atomic E-state index is -0.884. The van der Waals surface area contributed by atoms with Crippen LogP contribution in [0.1, 0.15) is 24.0 Å². The van der Waals surface area contributed by atoms with E-state index in [4.69, 9.17) is 14.2 Å². The van der Waals surface area contributed by atoms with Crippen LogP contribution in [0.3, 0.4) is 0 Å². The van der Waals surface area contributed by atoms with E-state index < -0.39 is 11.8 Å². The Bertz CT molecular complexity index is 1100. The Balaban J connectivity index is 1.53. The molecule has 186 valence electrons. The lowest BCUT2D eigenvalue weighted by atomic mass is 10.2. The van der Waals surface area contributed by atoms with Crippen LogP contribution in [0.25, 0.3) is 0 Å². The number of methoxy groups -OCH3 is 1. The molecule has 0 bridgehead atoms. The van der Waals surface area contributed by atoms with Gasteiger partial charge in [0.2, 0.25) is 0 Å². The maximum atomic E-state index is 12.3. The predicted molar refractivity (Wildman–Crippen MR) is 134 cm³/mol. The number of ether oxygens (including phenoxy) is 3. The molecule has 0 saturated carbocycles. The minimum absolute atomic E-state index is 0.0607. The highest BCUT2D eigenvalue weighted by atomic mass is 79.9. The van der Waals surface area contributed by atoms with E-state index in [-0.39, 0.29) is 25.2 Å². The molecule has 2 aromatic carbocycles. The van der Waals surface area contributed by atoms with Gasteiger partial charge in [0.15, 0.2) is 18.1 Å². The van der Waals surface area contributed by atoms with Crippen LogP contribution in [0.15, 0.2) is 46.0 Å². The molecule has 1 atom stereocenters. The zero-order valence-corrected chi connectivity index (χ0v) is 21.0. The first-order valence-corrected chi connectivity index (χ1v) is 11.7. The molecule has 3 amide bonds. The Kier molecular flexibility index (Phi) is 9.62. The fourth-order valence-electron chi connectivity index (χ4n) is 3.32. The van der Waals surface area contributed by atoms with Gasteiger partial charge in [-0.05, 0) is 71.1 Å². The minimum Gasteiger partial charge on any atom is -0.493 e. The molecule has 0 radical (unpaired) electrons. The summed E-state index contributed by atoms with van der Waals surface area (Å²) in [5.74, 6) is -1.31. The van der Waals surface area contributed by atoms with Crippen molar-refractivity contribution in [1.29, 1.82) is 0 Å². The first-order chi connectivity index (χ1) is 16.9. The van der Waals surface area contributed by atoms with Crippen molar-refractivity contribution in [1.82, 2.24) is 10.7 Å². The van der Waals surface area contributed by atoms with Crippen molar-refractivity contribution in [2.24, 2.45) is 5.10 Å². The van der Waals surface area contributed by atoms with Crippen LogP contribution in [0, 0.1) is 6.92 Å². The van der Waals surface area contributed by atoms with E-state index in [0.29, 0.717) is 33.8 Å². The number of benzene rings is 2. The SMILES string of the molecule is COc1cc(/C=N\NC(=O)C(=O)NC[C@@H]2CCCO2)cc(Br)c1OCC(=O)Nc1cccc(C)c1. The highest BCUT2D eigenvalue weighted by Crippen LogP contribution is 2.36. The van der Waals surface area contributed by atoms with Crippen LogP contribution in [0.2, 0.25) is 0 Å². The van der Waals surface area contributed by atoms with Gasteiger partial charge in [-0.2, -0.15) is 5.10 Å². The zero-order chi connectivity index (χ0) is 25.2. The maximum Gasteiger partial charge on any atom is 0.329 e. The zero-order valence-electron chi connectivity index (χ0n) is 19.4. The molecule has 1 fully saturated rings. The Labute approximate surface area is 211 Å². The first-order valence-electron chi connectivity index (χ1n) is 11.0. The van der Waals surface area contributed by atoms with Gasteiger partial charge >= 0.3 is 11.8 Å². The number of hydrogen-bond donors (Lipinski definition) is 3. The Morgan fingerprint density at radius 1 is 1.23 bits per heavy atom. The van der Waals surface area contributed by atoms with Crippen LogP contribution in [0.4, 0.5) is 5.69 Å². The summed E-state index contributed by atoms with van der Waals surface area (Å²) in [4.78, 5) is 36.0. The summed E-state index contributed by atoms with van der Waals surface area (Å²) in [5.41, 5.74) is 4.45. The van der Waals surface area contributed by atoms with E-state index in [1.165, 1.54) is 13.3 Å². The summed E-state index contributed by atoms with van der Waals surface area (Å²) >= 11 is 3.40. The third kappa shape index (κ3) is 8.08. The molecule has 35 heavy (non-hydrogen) atoms. The molecule has 1 aliphatic rings. The molecular weight excluding hydrogens is 520 g/mol. The number of hydrazone groups is 1. The number of carbonyl (C=O) groups excluding carboxylic acids is 3. The molecular formula is C24H27BrN4O6. The van der Waals surface area contributed by atoms with Crippen LogP contribution < -0.4 is 25.5 Å². The van der Waals surface area contributed by atoms with Crippen molar-refractivity contribution >= 4 is 45.6 Å². The lowest BCUT2D eigenvalue weighted by molar-refractivity contribution is -0.139. The van der Waals surface area contributed by atoms with Crippen LogP contribution in [-0.4, -0.2) is 56.9 Å². The maximum absolute atomic E-state index is 12.3. The number of carbonyl (C=O) groups is 3. The van der Waals surface area contributed by atoms with Gasteiger partial charge in [-0.3, -0.25) is 14.4 Å². The number of anilines is 1. The molecule has 2 aromatic rings. The summed E-state index contributed by atoms with van der Waals surface area (Å²) in [6.07, 6.45) is 3.09. The number of rotatable bonds is 9. The van der Waals surface area contributed by atoms with Gasteiger partial charge in [0.05, 0.1) is 23.9 Å². The second kappa shape index (κ2) is 12.9. The largest absolute Gasteiger partial charge is 0.493 e. The summed E-state index contributed by atoms with van der Waals surface area (Å²) in [6, 6.07) is 10.7. The van der Waals surface area contributed by atoms with Gasteiger partial charge < -0.3 is 24.8 Å². The molecule has 1 saturated heterocycles. The van der Waals surface area contributed by atoms with Crippen LogP contribution >= 0.6 is 15.9 Å². The average molecular weight is 547 g/mol. The first kappa shape index (κ1) is 26.2. The molecule has 0 aliphatic carbocycles. The lowest BCUT2D eigenvalue weighted by Crippen LogP contribution is -2.41. The van der Waals surface area contributed by atoms with Gasteiger partial charge in [0.25, 0.3) is 5.91 Å². The highest BCUT2D eigenvalue weighted by Gasteiger charge is 2.19. The fourth-order valence-corrected chi connectivity index (χ4v) is 3.89. The molecule has 0 unspecified atom stereocenters. The third-order valence-electron chi connectivity index (χ3n) is 5.00. The Morgan fingerprint density at radius 2 is 2.06 bits per heavy atom. The summed E-state index contributed by atoms with van der Waals surface area (Å²) in [7, 11) is 1.46. The molecule has 0 aromatic heterocycles. The molecule has 0 spiro atoms. The highest BCUT2D eigenvalue weighted by molar-refractivity contribution is 9.10. The average Bonchev–Trinajstić information content (AvgIpc) is 3.35. The monoisotopic (exact) mass is 546 g/mol. The Morgan fingerprint density at radius 3 is 2.77 bits per heavy atom. The second-order valence-electron chi connectivity index (χ2n) is 7.78. The van der Waals surface area contributed by atoms with E-state index in [1.54, 1.807) is 18.2 Å². The molecule has 11 heteroatoms. The van der Waals surface area contributed by atoms with Crippen molar-refractivity contribution in [2.75, 3.05) is 32.2 Å². The third-order valence-corrected chi connectivity index (χ3v) is 5.59. The number of nitrogens with one attached hydrogen (secondary N) is 3. The Hall–Kier alpha value is -3.44. The molecule has 1 heterocycles. The van der Waals surface area contributed by atoms with Crippen LogP contribution in [0.5, 0.6) is 11.5 Å². The fraction of sp³-hybridized carbons (Fsp3) is 0.333. The molecule has 1 aliphatic heterocycles. The number of amides is 3. The van der Waals surface area contributed by atoms with Gasteiger partial charge in [-0.15, -0.1) is 0 Å². The predicted octanol–water partition coefficient (Wildman–Crippen LogP) is 2.53. The number of hydrogen-bond acceptors (Lipinski definition) is 7. The van der Waals surface area contributed by atoms with Gasteiger partial charge in [0, 0.05) is 18.8 Å².